The largest absolute Gasteiger partial charge is 0.480 e. The average molecular weight is 287 g/mol. The molecular formula is C12H17NO5S. The molecule has 0 spiro atoms. The van der Waals surface area contributed by atoms with Crippen LogP contribution in [0.2, 0.25) is 0 Å². The van der Waals surface area contributed by atoms with Crippen LogP contribution >= 0.6 is 0 Å². The molecule has 0 saturated carbocycles. The van der Waals surface area contributed by atoms with E-state index in [1.54, 1.807) is 26.0 Å². The van der Waals surface area contributed by atoms with Crippen molar-refractivity contribution in [2.24, 2.45) is 0 Å². The SMILES string of the molecule is Cc1cc(C)c(S(=O)(=O)N[C@@H](CO)C(=O)O)c(C)c1. The van der Waals surface area contributed by atoms with E-state index in [9.17, 15) is 13.2 Å². The Morgan fingerprint density at radius 2 is 1.74 bits per heavy atom. The summed E-state index contributed by atoms with van der Waals surface area (Å²) in [4.78, 5) is 10.8. The zero-order valence-corrected chi connectivity index (χ0v) is 11.8. The minimum Gasteiger partial charge on any atom is -0.480 e. The Bertz CT molecular complexity index is 571. The Morgan fingerprint density at radius 1 is 1.26 bits per heavy atom. The van der Waals surface area contributed by atoms with E-state index in [0.717, 1.165) is 5.56 Å². The first-order valence-corrected chi connectivity index (χ1v) is 7.11. The van der Waals surface area contributed by atoms with Gasteiger partial charge in [0.05, 0.1) is 11.5 Å². The molecule has 1 aromatic carbocycles. The molecule has 0 heterocycles. The van der Waals surface area contributed by atoms with Crippen molar-refractivity contribution in [3.05, 3.63) is 28.8 Å². The van der Waals surface area contributed by atoms with Gasteiger partial charge in [0.15, 0.2) is 0 Å². The summed E-state index contributed by atoms with van der Waals surface area (Å²) in [6, 6.07) is 1.86. The number of hydrogen-bond acceptors (Lipinski definition) is 4. The first kappa shape index (κ1) is 15.6. The number of nitrogens with one attached hydrogen (secondary N) is 1. The lowest BCUT2D eigenvalue weighted by molar-refractivity contribution is -0.139. The first-order valence-electron chi connectivity index (χ1n) is 5.63. The predicted octanol–water partition coefficient (Wildman–Crippen LogP) is 0.336. The smallest absolute Gasteiger partial charge is 0.324 e. The van der Waals surface area contributed by atoms with E-state index in [-0.39, 0.29) is 4.90 Å². The maximum atomic E-state index is 12.2. The summed E-state index contributed by atoms with van der Waals surface area (Å²) in [5.41, 5.74) is 1.99. The zero-order valence-electron chi connectivity index (χ0n) is 11.0. The van der Waals surface area contributed by atoms with Gasteiger partial charge in [0.25, 0.3) is 0 Å². The van der Waals surface area contributed by atoms with Crippen LogP contribution in [0.5, 0.6) is 0 Å². The number of hydrogen-bond donors (Lipinski definition) is 3. The van der Waals surface area contributed by atoms with Gasteiger partial charge in [-0.25, -0.2) is 8.42 Å². The molecular weight excluding hydrogens is 270 g/mol. The highest BCUT2D eigenvalue weighted by molar-refractivity contribution is 7.89. The van der Waals surface area contributed by atoms with Crippen LogP contribution in [0.3, 0.4) is 0 Å². The maximum Gasteiger partial charge on any atom is 0.324 e. The molecule has 0 bridgehead atoms. The summed E-state index contributed by atoms with van der Waals surface area (Å²) >= 11 is 0. The third-order valence-electron chi connectivity index (χ3n) is 2.65. The van der Waals surface area contributed by atoms with Crippen molar-refractivity contribution in [1.29, 1.82) is 0 Å². The number of carbonyl (C=O) groups is 1. The molecule has 0 aliphatic heterocycles. The first-order chi connectivity index (χ1) is 8.69. The van der Waals surface area contributed by atoms with Gasteiger partial charge in [-0.15, -0.1) is 0 Å². The fourth-order valence-corrected chi connectivity index (χ4v) is 3.64. The molecule has 19 heavy (non-hydrogen) atoms. The van der Waals surface area contributed by atoms with Gasteiger partial charge in [0.1, 0.15) is 6.04 Å². The number of rotatable bonds is 5. The Labute approximate surface area is 112 Å². The fraction of sp³-hybridized carbons (Fsp3) is 0.417. The quantitative estimate of drug-likeness (QED) is 0.724. The molecule has 0 aliphatic rings. The van der Waals surface area contributed by atoms with Crippen molar-refractivity contribution in [1.82, 2.24) is 4.72 Å². The molecule has 1 rings (SSSR count). The summed E-state index contributed by atoms with van der Waals surface area (Å²) in [7, 11) is -3.99. The summed E-state index contributed by atoms with van der Waals surface area (Å²) in [5.74, 6) is -1.42. The highest BCUT2D eigenvalue weighted by Gasteiger charge is 2.27. The van der Waals surface area contributed by atoms with Crippen molar-refractivity contribution in [2.75, 3.05) is 6.61 Å². The molecule has 0 amide bonds. The molecule has 1 atom stereocenters. The number of carboxylic acid groups (broad SMARTS) is 1. The second kappa shape index (κ2) is 5.68. The van der Waals surface area contributed by atoms with Crippen LogP contribution in [0.4, 0.5) is 0 Å². The lowest BCUT2D eigenvalue weighted by Crippen LogP contribution is -2.43. The van der Waals surface area contributed by atoms with Crippen LogP contribution in [0, 0.1) is 20.8 Å². The molecule has 0 aromatic heterocycles. The number of aliphatic carboxylic acids is 1. The van der Waals surface area contributed by atoms with Gasteiger partial charge in [-0.3, -0.25) is 4.79 Å². The van der Waals surface area contributed by atoms with Crippen LogP contribution in [0.15, 0.2) is 17.0 Å². The number of aryl methyl sites for hydroxylation is 3. The van der Waals surface area contributed by atoms with Gasteiger partial charge in [-0.1, -0.05) is 17.7 Å². The van der Waals surface area contributed by atoms with Crippen LogP contribution in [0.25, 0.3) is 0 Å². The van der Waals surface area contributed by atoms with Crippen molar-refractivity contribution in [3.8, 4) is 0 Å². The van der Waals surface area contributed by atoms with Crippen molar-refractivity contribution >= 4 is 16.0 Å². The van der Waals surface area contributed by atoms with Crippen molar-refractivity contribution in [2.45, 2.75) is 31.7 Å². The summed E-state index contributed by atoms with van der Waals surface area (Å²) in [6.45, 7) is 4.32. The summed E-state index contributed by atoms with van der Waals surface area (Å²) in [5, 5.41) is 17.7. The molecule has 0 radical (unpaired) electrons. The second-order valence-electron chi connectivity index (χ2n) is 4.42. The summed E-state index contributed by atoms with van der Waals surface area (Å²) in [6.07, 6.45) is 0. The van der Waals surface area contributed by atoms with Crippen molar-refractivity contribution in [3.63, 3.8) is 0 Å². The monoisotopic (exact) mass is 287 g/mol. The number of benzene rings is 1. The van der Waals surface area contributed by atoms with Gasteiger partial charge >= 0.3 is 5.97 Å². The normalized spacial score (nSPS) is 13.3. The zero-order chi connectivity index (χ0) is 14.8. The third kappa shape index (κ3) is 3.52. The number of sulfonamides is 1. The topological polar surface area (TPSA) is 104 Å². The fourth-order valence-electron chi connectivity index (χ4n) is 2.00. The Balaban J connectivity index is 3.25. The lowest BCUT2D eigenvalue weighted by atomic mass is 10.1. The van der Waals surface area contributed by atoms with Crippen molar-refractivity contribution < 1.29 is 23.4 Å². The third-order valence-corrected chi connectivity index (χ3v) is 4.43. The Hall–Kier alpha value is -1.44. The molecule has 7 heteroatoms. The van der Waals surface area contributed by atoms with E-state index in [0.29, 0.717) is 11.1 Å². The van der Waals surface area contributed by atoms with E-state index in [1.165, 1.54) is 0 Å². The highest BCUT2D eigenvalue weighted by atomic mass is 32.2. The van der Waals surface area contributed by atoms with Crippen LogP contribution in [-0.4, -0.2) is 37.2 Å². The number of carboxylic acids is 1. The molecule has 106 valence electrons. The van der Waals surface area contributed by atoms with Gasteiger partial charge in [-0.05, 0) is 31.9 Å². The maximum absolute atomic E-state index is 12.2. The van der Waals surface area contributed by atoms with Gasteiger partial charge < -0.3 is 10.2 Å². The van der Waals surface area contributed by atoms with Crippen LogP contribution in [0.1, 0.15) is 16.7 Å². The minimum atomic E-state index is -3.99. The Kier molecular flexibility index (Phi) is 4.67. The van der Waals surface area contributed by atoms with E-state index >= 15 is 0 Å². The van der Waals surface area contributed by atoms with Crippen LogP contribution < -0.4 is 4.72 Å². The number of aliphatic hydroxyl groups excluding tert-OH is 1. The second-order valence-corrected chi connectivity index (χ2v) is 6.07. The van der Waals surface area contributed by atoms with E-state index in [1.807, 2.05) is 11.6 Å². The molecule has 0 aliphatic carbocycles. The van der Waals surface area contributed by atoms with E-state index in [4.69, 9.17) is 10.2 Å². The molecule has 0 fully saturated rings. The number of aliphatic hydroxyl groups is 1. The predicted molar refractivity (Wildman–Crippen MR) is 69.5 cm³/mol. The van der Waals surface area contributed by atoms with E-state index in [2.05, 4.69) is 0 Å². The van der Waals surface area contributed by atoms with Gasteiger partial charge in [-0.2, -0.15) is 4.72 Å². The highest BCUT2D eigenvalue weighted by Crippen LogP contribution is 2.21. The van der Waals surface area contributed by atoms with Gasteiger partial charge in [0, 0.05) is 0 Å². The molecule has 6 nitrogen and oxygen atoms in total. The molecule has 0 saturated heterocycles. The van der Waals surface area contributed by atoms with Gasteiger partial charge in [0.2, 0.25) is 10.0 Å². The van der Waals surface area contributed by atoms with Crippen LogP contribution in [-0.2, 0) is 14.8 Å². The minimum absolute atomic E-state index is 0.0535. The standard InChI is InChI=1S/C12H17NO5S/c1-7-4-8(2)11(9(3)5-7)19(17,18)13-10(6-14)12(15)16/h4-5,10,13-14H,6H2,1-3H3,(H,15,16)/t10-/m0/s1. The Morgan fingerprint density at radius 3 is 2.11 bits per heavy atom. The molecule has 1 aromatic rings. The average Bonchev–Trinajstić information content (AvgIpc) is 2.23. The summed E-state index contributed by atoms with van der Waals surface area (Å²) < 4.78 is 26.3. The molecule has 3 N–H and O–H groups in total. The molecule has 0 unspecified atom stereocenters. The lowest BCUT2D eigenvalue weighted by Gasteiger charge is -2.16. The van der Waals surface area contributed by atoms with E-state index < -0.39 is 28.6 Å².